The first-order chi connectivity index (χ1) is 5.52. The lowest BCUT2D eigenvalue weighted by Crippen LogP contribution is -2.31. The number of phenols is 1. The molecule has 0 bridgehead atoms. The second kappa shape index (κ2) is 3.43. The van der Waals surface area contributed by atoms with Gasteiger partial charge in [-0.15, -0.1) is 0 Å². The van der Waals surface area contributed by atoms with Crippen molar-refractivity contribution in [3.05, 3.63) is 22.4 Å². The first-order valence-corrected chi connectivity index (χ1v) is 3.85. The Labute approximate surface area is 76.7 Å². The summed E-state index contributed by atoms with van der Waals surface area (Å²) in [6.45, 7) is 0. The summed E-state index contributed by atoms with van der Waals surface area (Å²) < 4.78 is 12.6. The van der Waals surface area contributed by atoms with Gasteiger partial charge in [0.25, 0.3) is 0 Å². The smallest absolute Gasteiger partial charge is 0.489 e. The highest BCUT2D eigenvalue weighted by molar-refractivity contribution is 9.10. The molecule has 3 nitrogen and oxygen atoms in total. The summed E-state index contributed by atoms with van der Waals surface area (Å²) in [4.78, 5) is 0. The highest BCUT2D eigenvalue weighted by Gasteiger charge is 2.18. The van der Waals surface area contributed by atoms with Crippen LogP contribution in [0, 0.1) is 5.82 Å². The topological polar surface area (TPSA) is 60.7 Å². The van der Waals surface area contributed by atoms with E-state index in [1.807, 2.05) is 0 Å². The molecule has 0 aromatic heterocycles. The lowest BCUT2D eigenvalue weighted by Gasteiger charge is -2.04. The van der Waals surface area contributed by atoms with Gasteiger partial charge in [-0.1, -0.05) is 0 Å². The molecule has 1 aromatic carbocycles. The summed E-state index contributed by atoms with van der Waals surface area (Å²) in [5, 5.41) is 26.4. The fourth-order valence-corrected chi connectivity index (χ4v) is 1.22. The van der Waals surface area contributed by atoms with Gasteiger partial charge in [-0.2, -0.15) is 0 Å². The van der Waals surface area contributed by atoms with Crippen LogP contribution in [0.4, 0.5) is 4.39 Å². The monoisotopic (exact) mass is 234 g/mol. The van der Waals surface area contributed by atoms with Crippen molar-refractivity contribution in [1.82, 2.24) is 0 Å². The van der Waals surface area contributed by atoms with E-state index in [4.69, 9.17) is 15.2 Å². The molecule has 0 heterocycles. The molecule has 1 aromatic rings. The number of benzene rings is 1. The van der Waals surface area contributed by atoms with Gasteiger partial charge in [-0.25, -0.2) is 4.39 Å². The molecule has 1 rings (SSSR count). The molecule has 0 aliphatic heterocycles. The maximum Gasteiger partial charge on any atom is 0.489 e. The maximum absolute atomic E-state index is 12.6. The van der Waals surface area contributed by atoms with Gasteiger partial charge in [0, 0.05) is 11.5 Å². The van der Waals surface area contributed by atoms with Crippen LogP contribution in [0.5, 0.6) is 5.75 Å². The second-order valence-electron chi connectivity index (χ2n) is 2.20. The number of phenolic OH excluding ortho intramolecular Hbond substituents is 1. The van der Waals surface area contributed by atoms with Crippen LogP contribution >= 0.6 is 15.9 Å². The van der Waals surface area contributed by atoms with Crippen LogP contribution in [-0.2, 0) is 0 Å². The molecule has 0 amide bonds. The minimum absolute atomic E-state index is 0.0823. The van der Waals surface area contributed by atoms with E-state index >= 15 is 0 Å². The zero-order chi connectivity index (χ0) is 9.30. The highest BCUT2D eigenvalue weighted by atomic mass is 79.9. The SMILES string of the molecule is OB(O)c1cc(F)cc(O)c1Br. The Balaban J connectivity index is 3.28. The maximum atomic E-state index is 12.6. The Morgan fingerprint density at radius 3 is 2.42 bits per heavy atom. The van der Waals surface area contributed by atoms with Gasteiger partial charge in [-0.3, -0.25) is 0 Å². The molecular formula is C6H5BBrFO3. The average Bonchev–Trinajstić information content (AvgIpc) is 1.96. The Hall–Kier alpha value is -0.585. The van der Waals surface area contributed by atoms with Crippen LogP contribution in [0.1, 0.15) is 0 Å². The summed E-state index contributed by atoms with van der Waals surface area (Å²) in [5.74, 6) is -1.09. The van der Waals surface area contributed by atoms with Gasteiger partial charge in [0.15, 0.2) is 0 Å². The van der Waals surface area contributed by atoms with E-state index < -0.39 is 12.9 Å². The molecule has 64 valence electrons. The molecule has 0 aliphatic carbocycles. The normalized spacial score (nSPS) is 10.0. The fraction of sp³-hybridized carbons (Fsp3) is 0. The molecule has 0 aliphatic rings. The van der Waals surface area contributed by atoms with E-state index in [0.717, 1.165) is 12.1 Å². The number of aromatic hydroxyl groups is 1. The Morgan fingerprint density at radius 1 is 1.33 bits per heavy atom. The minimum atomic E-state index is -1.80. The molecule has 0 unspecified atom stereocenters. The Morgan fingerprint density at radius 2 is 1.92 bits per heavy atom. The lowest BCUT2D eigenvalue weighted by atomic mass is 9.80. The van der Waals surface area contributed by atoms with E-state index in [9.17, 15) is 4.39 Å². The van der Waals surface area contributed by atoms with Crippen molar-refractivity contribution in [3.63, 3.8) is 0 Å². The van der Waals surface area contributed by atoms with E-state index in [-0.39, 0.29) is 15.7 Å². The third-order valence-corrected chi connectivity index (χ3v) is 2.19. The molecule has 6 heteroatoms. The molecule has 0 fully saturated rings. The van der Waals surface area contributed by atoms with Gasteiger partial charge in [-0.05, 0) is 22.0 Å². The van der Waals surface area contributed by atoms with Crippen LogP contribution < -0.4 is 5.46 Å². The van der Waals surface area contributed by atoms with Gasteiger partial charge in [0.05, 0.1) is 4.47 Å². The van der Waals surface area contributed by atoms with Crippen molar-refractivity contribution in [2.45, 2.75) is 0 Å². The minimum Gasteiger partial charge on any atom is -0.507 e. The van der Waals surface area contributed by atoms with Crippen LogP contribution in [-0.4, -0.2) is 22.3 Å². The van der Waals surface area contributed by atoms with Gasteiger partial charge < -0.3 is 15.2 Å². The third-order valence-electron chi connectivity index (χ3n) is 1.32. The van der Waals surface area contributed by atoms with Crippen molar-refractivity contribution in [3.8, 4) is 5.75 Å². The fourth-order valence-electron chi connectivity index (χ4n) is 0.783. The molecule has 12 heavy (non-hydrogen) atoms. The van der Waals surface area contributed by atoms with Crippen molar-refractivity contribution < 1.29 is 19.5 Å². The Kier molecular flexibility index (Phi) is 2.71. The predicted molar refractivity (Wildman–Crippen MR) is 45.6 cm³/mol. The molecule has 0 radical (unpaired) electrons. The highest BCUT2D eigenvalue weighted by Crippen LogP contribution is 2.22. The van der Waals surface area contributed by atoms with E-state index in [2.05, 4.69) is 15.9 Å². The van der Waals surface area contributed by atoms with E-state index in [1.54, 1.807) is 0 Å². The molecular weight excluding hydrogens is 230 g/mol. The zero-order valence-corrected chi connectivity index (χ0v) is 7.42. The quantitative estimate of drug-likeness (QED) is 0.599. The van der Waals surface area contributed by atoms with Crippen LogP contribution in [0.2, 0.25) is 0 Å². The lowest BCUT2D eigenvalue weighted by molar-refractivity contribution is 0.423. The second-order valence-corrected chi connectivity index (χ2v) is 2.99. The summed E-state index contributed by atoms with van der Waals surface area (Å²) in [6, 6.07) is 1.80. The number of hydrogen-bond acceptors (Lipinski definition) is 3. The molecule has 0 spiro atoms. The molecule has 0 saturated carbocycles. The van der Waals surface area contributed by atoms with Gasteiger partial charge >= 0.3 is 7.12 Å². The van der Waals surface area contributed by atoms with Crippen molar-refractivity contribution in [2.24, 2.45) is 0 Å². The number of rotatable bonds is 1. The van der Waals surface area contributed by atoms with Gasteiger partial charge in [0.2, 0.25) is 0 Å². The summed E-state index contributed by atoms with van der Waals surface area (Å²) in [6.07, 6.45) is 0. The summed E-state index contributed by atoms with van der Waals surface area (Å²) in [5.41, 5.74) is -0.104. The molecule has 0 saturated heterocycles. The van der Waals surface area contributed by atoms with Crippen LogP contribution in [0.25, 0.3) is 0 Å². The van der Waals surface area contributed by atoms with Crippen LogP contribution in [0.15, 0.2) is 16.6 Å². The number of halogens is 2. The van der Waals surface area contributed by atoms with E-state index in [0.29, 0.717) is 0 Å². The zero-order valence-electron chi connectivity index (χ0n) is 5.83. The number of hydrogen-bond donors (Lipinski definition) is 3. The third kappa shape index (κ3) is 1.77. The summed E-state index contributed by atoms with van der Waals surface area (Å²) >= 11 is 2.88. The van der Waals surface area contributed by atoms with E-state index in [1.165, 1.54) is 0 Å². The van der Waals surface area contributed by atoms with Gasteiger partial charge in [0.1, 0.15) is 11.6 Å². The van der Waals surface area contributed by atoms with Crippen molar-refractivity contribution in [1.29, 1.82) is 0 Å². The largest absolute Gasteiger partial charge is 0.507 e. The molecule has 3 N–H and O–H groups in total. The molecule has 0 atom stereocenters. The Bertz CT molecular complexity index is 305. The first kappa shape index (κ1) is 9.50. The standard InChI is InChI=1S/C6H5BBrFO3/c8-6-4(7(11)12)1-3(9)2-5(6)10/h1-2,10-12H. The van der Waals surface area contributed by atoms with Crippen molar-refractivity contribution >= 4 is 28.5 Å². The first-order valence-electron chi connectivity index (χ1n) is 3.06. The predicted octanol–water partition coefficient (Wildman–Crippen LogP) is -0.0264. The van der Waals surface area contributed by atoms with Crippen molar-refractivity contribution in [2.75, 3.05) is 0 Å². The van der Waals surface area contributed by atoms with Crippen LogP contribution in [0.3, 0.4) is 0 Å². The summed E-state index contributed by atoms with van der Waals surface area (Å²) in [7, 11) is -1.80. The average molecular weight is 235 g/mol.